The van der Waals surface area contributed by atoms with Gasteiger partial charge in [0.25, 0.3) is 7.82 Å². The van der Waals surface area contributed by atoms with Crippen molar-refractivity contribution in [2.24, 2.45) is 0 Å². The third-order valence-electron chi connectivity index (χ3n) is 12.0. The van der Waals surface area contributed by atoms with Gasteiger partial charge in [0.05, 0.1) is 33.8 Å². The van der Waals surface area contributed by atoms with Crippen LogP contribution in [0.3, 0.4) is 0 Å². The highest BCUT2D eigenvalue weighted by molar-refractivity contribution is 7.45. The van der Waals surface area contributed by atoms with Crippen molar-refractivity contribution in [2.75, 3.05) is 40.9 Å². The normalized spacial score (nSPS) is 14.7. The minimum Gasteiger partial charge on any atom is -0.756 e. The van der Waals surface area contributed by atoms with E-state index in [1.807, 2.05) is 88.0 Å². The van der Waals surface area contributed by atoms with Crippen LogP contribution in [0.25, 0.3) is 0 Å². The zero-order chi connectivity index (χ0) is 53.6. The largest absolute Gasteiger partial charge is 0.756 e. The summed E-state index contributed by atoms with van der Waals surface area (Å²) >= 11 is 0. The molecule has 0 aromatic carbocycles. The Balaban J connectivity index is 5.42. The predicted octanol–water partition coefficient (Wildman–Crippen LogP) is 16.9. The van der Waals surface area contributed by atoms with E-state index < -0.39 is 32.5 Å². The number of hydrogen-bond acceptors (Lipinski definition) is 7. The van der Waals surface area contributed by atoms with Crippen molar-refractivity contribution in [3.8, 4) is 0 Å². The van der Waals surface area contributed by atoms with Crippen LogP contribution in [0.1, 0.15) is 213 Å². The number of nitrogens with zero attached hydrogens (tertiary/aromatic N) is 1. The quantitative estimate of drug-likeness (QED) is 0.0161. The number of likely N-dealkylation sites (N-methyl/N-ethyl adjacent to an activating group) is 1. The van der Waals surface area contributed by atoms with Gasteiger partial charge in [-0.3, -0.25) is 14.2 Å². The van der Waals surface area contributed by atoms with Crippen LogP contribution >= 0.6 is 7.82 Å². The first-order valence-corrected chi connectivity index (χ1v) is 30.4. The van der Waals surface area contributed by atoms with Crippen LogP contribution in [0, 0.1) is 0 Å². The molecule has 0 aliphatic rings. The van der Waals surface area contributed by atoms with Gasteiger partial charge in [-0.05, 0) is 89.5 Å². The van der Waals surface area contributed by atoms with E-state index in [0.717, 1.165) is 96.3 Å². The molecule has 3 unspecified atom stereocenters. The average molecular weight is 1040 g/mol. The number of phosphoric acid groups is 1. The van der Waals surface area contributed by atoms with Crippen molar-refractivity contribution in [3.05, 3.63) is 122 Å². The second-order valence-electron chi connectivity index (χ2n) is 20.2. The number of amides is 1. The monoisotopic (exact) mass is 1030 g/mol. The van der Waals surface area contributed by atoms with E-state index in [-0.39, 0.29) is 25.4 Å². The molecule has 73 heavy (non-hydrogen) atoms. The molecule has 0 aliphatic carbocycles. The Kier molecular flexibility index (Phi) is 49.3. The number of carbonyl (C=O) groups excluding carboxylic acids is 2. The number of phosphoric ester groups is 1. The molecule has 0 spiro atoms. The fourth-order valence-corrected chi connectivity index (χ4v) is 8.28. The number of allylic oxidation sites excluding steroid dienone is 19. The molecule has 0 radical (unpaired) electrons. The molecule has 0 aromatic rings. The average Bonchev–Trinajstić information content (AvgIpc) is 3.35. The van der Waals surface area contributed by atoms with Crippen LogP contribution in [-0.4, -0.2) is 69.4 Å². The summed E-state index contributed by atoms with van der Waals surface area (Å²) < 4.78 is 30.2. The second-order valence-corrected chi connectivity index (χ2v) is 21.6. The third-order valence-corrected chi connectivity index (χ3v) is 13.0. The summed E-state index contributed by atoms with van der Waals surface area (Å²) in [5.74, 6) is -0.618. The molecule has 0 rings (SSSR count). The van der Waals surface area contributed by atoms with Crippen molar-refractivity contribution in [1.82, 2.24) is 5.32 Å². The summed E-state index contributed by atoms with van der Waals surface area (Å²) in [5, 5.41) is 3.00. The molecule has 0 saturated heterocycles. The third kappa shape index (κ3) is 53.1. The fourth-order valence-electron chi connectivity index (χ4n) is 7.56. The SMILES string of the molecule is CC\C=C/C=C/C=C/C=C\C=C\C=C\CCCCCC(=O)OC(/C=C/CCCCCCCCCCC)C(COP(=O)([O-])OCC[N+](C)(C)C)NC(=O)CCCCCCCC/C=C\C/C=C\C/C=C\CCCCC. The summed E-state index contributed by atoms with van der Waals surface area (Å²) in [5.41, 5.74) is 0. The number of unbranched alkanes of at least 4 members (excludes halogenated alkanes) is 21. The van der Waals surface area contributed by atoms with Gasteiger partial charge in [-0.1, -0.05) is 233 Å². The first-order valence-electron chi connectivity index (χ1n) is 28.9. The van der Waals surface area contributed by atoms with Gasteiger partial charge in [-0.15, -0.1) is 0 Å². The predicted molar refractivity (Wildman–Crippen MR) is 311 cm³/mol. The first-order chi connectivity index (χ1) is 35.4. The Bertz CT molecular complexity index is 1660. The number of nitrogens with one attached hydrogen (secondary N) is 1. The Morgan fingerprint density at radius 1 is 0.507 bits per heavy atom. The van der Waals surface area contributed by atoms with Crippen molar-refractivity contribution in [2.45, 2.75) is 226 Å². The van der Waals surface area contributed by atoms with Crippen LogP contribution in [0.2, 0.25) is 0 Å². The lowest BCUT2D eigenvalue weighted by molar-refractivity contribution is -0.870. The van der Waals surface area contributed by atoms with Gasteiger partial charge >= 0.3 is 5.97 Å². The molecule has 10 heteroatoms. The lowest BCUT2D eigenvalue weighted by atomic mass is 10.1. The van der Waals surface area contributed by atoms with Crippen LogP contribution in [0.4, 0.5) is 0 Å². The molecule has 416 valence electrons. The molecule has 1 N–H and O–H groups in total. The van der Waals surface area contributed by atoms with E-state index in [0.29, 0.717) is 23.9 Å². The molecule has 0 aliphatic heterocycles. The van der Waals surface area contributed by atoms with Crippen molar-refractivity contribution < 1.29 is 37.3 Å². The van der Waals surface area contributed by atoms with Crippen molar-refractivity contribution in [3.63, 3.8) is 0 Å². The van der Waals surface area contributed by atoms with E-state index in [2.05, 4.69) is 74.7 Å². The molecule has 0 aromatic heterocycles. The second kappa shape index (κ2) is 51.9. The minimum atomic E-state index is -4.72. The molecular formula is C63H107N2O7P. The Morgan fingerprint density at radius 2 is 0.932 bits per heavy atom. The molecule has 0 bridgehead atoms. The molecule has 3 atom stereocenters. The molecule has 0 fully saturated rings. The maximum absolute atomic E-state index is 13.5. The fraction of sp³-hybridized carbons (Fsp3) is 0.651. The molecular weight excluding hydrogens is 928 g/mol. The summed E-state index contributed by atoms with van der Waals surface area (Å²) in [7, 11) is 1.13. The minimum absolute atomic E-state index is 0.0398. The lowest BCUT2D eigenvalue weighted by Gasteiger charge is -2.30. The van der Waals surface area contributed by atoms with E-state index in [9.17, 15) is 19.0 Å². The van der Waals surface area contributed by atoms with Gasteiger partial charge in [0.1, 0.15) is 19.3 Å². The van der Waals surface area contributed by atoms with E-state index in [1.165, 1.54) is 70.6 Å². The number of hydrogen-bond donors (Lipinski definition) is 1. The Morgan fingerprint density at radius 3 is 1.48 bits per heavy atom. The standard InChI is InChI=1S/C63H107N2O7P/c1-7-10-13-16-19-22-25-27-29-31-32-34-35-37-40-43-46-49-52-55-62(66)64-60(59-71-73(68,69)70-58-57-65(4,5)6)61(54-51-48-45-42-39-24-21-18-15-12-9-3)72-63(67)56-53-50-47-44-41-38-36-33-30-28-26-23-20-17-14-11-8-2/h11,14,17,19-20,22-23,26-30,32-34,36,38,41,51,54,60-61H,7-10,12-13,15-16,18,21,24-25,31,35,37,39-40,42-50,52-53,55-59H2,1-6H3,(H-,64,66,68,69)/b14-11-,20-17+,22-19-,26-23+,29-27-,30-28-,34-32-,36-33+,41-38+,54-51+. The maximum atomic E-state index is 13.5. The summed E-state index contributed by atoms with van der Waals surface area (Å²) in [6.45, 7) is 6.59. The Hall–Kier alpha value is -3.59. The highest BCUT2D eigenvalue weighted by atomic mass is 31.2. The maximum Gasteiger partial charge on any atom is 0.306 e. The van der Waals surface area contributed by atoms with E-state index >= 15 is 0 Å². The van der Waals surface area contributed by atoms with Gasteiger partial charge in [-0.2, -0.15) is 0 Å². The number of quaternary nitrogens is 1. The van der Waals surface area contributed by atoms with Gasteiger partial charge in [-0.25, -0.2) is 0 Å². The Labute approximate surface area is 448 Å². The summed E-state index contributed by atoms with van der Waals surface area (Å²) in [6, 6.07) is -0.922. The van der Waals surface area contributed by atoms with Gasteiger partial charge in [0.2, 0.25) is 5.91 Å². The highest BCUT2D eigenvalue weighted by Crippen LogP contribution is 2.38. The van der Waals surface area contributed by atoms with Crippen LogP contribution in [-0.2, 0) is 27.9 Å². The number of carbonyl (C=O) groups is 2. The zero-order valence-electron chi connectivity index (χ0n) is 47.3. The topological polar surface area (TPSA) is 114 Å². The number of esters is 1. The van der Waals surface area contributed by atoms with Gasteiger partial charge in [0, 0.05) is 12.8 Å². The highest BCUT2D eigenvalue weighted by Gasteiger charge is 2.27. The van der Waals surface area contributed by atoms with Crippen LogP contribution in [0.5, 0.6) is 0 Å². The van der Waals surface area contributed by atoms with Crippen LogP contribution in [0.15, 0.2) is 122 Å². The number of ether oxygens (including phenoxy) is 1. The van der Waals surface area contributed by atoms with E-state index in [4.69, 9.17) is 13.8 Å². The molecule has 0 saturated carbocycles. The summed E-state index contributed by atoms with van der Waals surface area (Å²) in [4.78, 5) is 39.9. The molecule has 0 heterocycles. The molecule has 1 amide bonds. The zero-order valence-corrected chi connectivity index (χ0v) is 48.2. The van der Waals surface area contributed by atoms with Crippen LogP contribution < -0.4 is 10.2 Å². The number of rotatable bonds is 50. The molecule has 9 nitrogen and oxygen atoms in total. The van der Waals surface area contributed by atoms with Crippen molar-refractivity contribution in [1.29, 1.82) is 0 Å². The van der Waals surface area contributed by atoms with Gasteiger partial charge in [0.15, 0.2) is 0 Å². The van der Waals surface area contributed by atoms with E-state index in [1.54, 1.807) is 6.08 Å². The smallest absolute Gasteiger partial charge is 0.306 e. The summed E-state index contributed by atoms with van der Waals surface area (Å²) in [6.07, 6.45) is 71.6. The van der Waals surface area contributed by atoms with Gasteiger partial charge < -0.3 is 28.5 Å². The first kappa shape index (κ1) is 69.4. The lowest BCUT2D eigenvalue weighted by Crippen LogP contribution is -2.47. The van der Waals surface area contributed by atoms with Crippen molar-refractivity contribution >= 4 is 19.7 Å².